The first-order valence-corrected chi connectivity index (χ1v) is 31.4. The van der Waals surface area contributed by atoms with Crippen molar-refractivity contribution < 1.29 is 103 Å². The van der Waals surface area contributed by atoms with Gasteiger partial charge in [0.2, 0.25) is 29.5 Å². The Balaban J connectivity index is 1.27. The minimum atomic E-state index is -2.20. The summed E-state index contributed by atoms with van der Waals surface area (Å²) in [7, 11) is 0. The maximum Gasteiger partial charge on any atom is 0.404 e. The van der Waals surface area contributed by atoms with Gasteiger partial charge in [-0.15, -0.1) is 22.7 Å². The van der Waals surface area contributed by atoms with Crippen LogP contribution in [0.1, 0.15) is 95.2 Å². The molecule has 2 fully saturated rings. The molecule has 19 atom stereocenters. The minimum Gasteiger partial charge on any atom is -0.441 e. The van der Waals surface area contributed by atoms with Crippen LogP contribution >= 0.6 is 22.7 Å². The number of rotatable bonds is 35. The molecule has 4 aromatic rings. The molecule has 6 rings (SSSR count). The summed E-state index contributed by atoms with van der Waals surface area (Å²) in [6.45, 7) is 3.57. The number of nitrogen functional groups attached to an aromatic ring is 1. The van der Waals surface area contributed by atoms with E-state index in [4.69, 9.17) is 58.1 Å². The molecule has 2 saturated heterocycles. The first-order chi connectivity index (χ1) is 45.0. The molecule has 0 spiro atoms. The van der Waals surface area contributed by atoms with E-state index in [1.54, 1.807) is 10.8 Å². The lowest BCUT2D eigenvalue weighted by Crippen LogP contribution is -2.65. The van der Waals surface area contributed by atoms with Crippen molar-refractivity contribution in [1.29, 1.82) is 0 Å². The quantitative estimate of drug-likeness (QED) is 0.0190. The summed E-state index contributed by atoms with van der Waals surface area (Å²) in [6.07, 6.45) is -23.7. The van der Waals surface area contributed by atoms with Gasteiger partial charge in [-0.2, -0.15) is 0 Å². The highest BCUT2D eigenvalue weighted by Crippen LogP contribution is 2.35. The third-order valence-electron chi connectivity index (χ3n) is 15.2. The summed E-state index contributed by atoms with van der Waals surface area (Å²) < 4.78 is 28.7. The van der Waals surface area contributed by atoms with Gasteiger partial charge in [0.25, 0.3) is 11.8 Å². The smallest absolute Gasteiger partial charge is 0.404 e. The molecule has 8 amide bonds. The maximum atomic E-state index is 15.2. The number of hydrogen-bond donors (Lipinski definition) is 21. The molecule has 2 aliphatic rings. The summed E-state index contributed by atoms with van der Waals surface area (Å²) in [5.74, 6) is -8.75. The van der Waals surface area contributed by atoms with E-state index < -0.39 is 183 Å². The highest BCUT2D eigenvalue weighted by Gasteiger charge is 2.54. The van der Waals surface area contributed by atoms with E-state index in [2.05, 4.69) is 61.8 Å². The van der Waals surface area contributed by atoms with Crippen LogP contribution in [0.5, 0.6) is 0 Å². The number of amides is 8. The molecule has 95 heavy (non-hydrogen) atoms. The molecule has 0 saturated carbocycles. The summed E-state index contributed by atoms with van der Waals surface area (Å²) in [5.41, 5.74) is 33.5. The van der Waals surface area contributed by atoms with Gasteiger partial charge >= 0.3 is 6.09 Å². The van der Waals surface area contributed by atoms with Crippen molar-refractivity contribution >= 4 is 75.9 Å². The topological polar surface area (TPSA) is 653 Å². The van der Waals surface area contributed by atoms with Crippen molar-refractivity contribution in [3.63, 3.8) is 0 Å². The van der Waals surface area contributed by atoms with Crippen LogP contribution in [0.15, 0.2) is 23.3 Å². The molecular formula is C54H82N18O21S2. The number of H-pyrrole nitrogens is 1. The highest BCUT2D eigenvalue weighted by molar-refractivity contribution is 7.14. The fraction of sp³-hybridized carbons (Fsp3) is 0.611. The number of primary amides is 3. The fourth-order valence-electron chi connectivity index (χ4n) is 9.71. The molecule has 0 aromatic carbocycles. The molecule has 0 unspecified atom stereocenters. The van der Waals surface area contributed by atoms with E-state index >= 15 is 4.79 Å². The van der Waals surface area contributed by atoms with Crippen molar-refractivity contribution in [1.82, 2.24) is 61.8 Å². The van der Waals surface area contributed by atoms with Crippen molar-refractivity contribution in [3.05, 3.63) is 56.8 Å². The second-order valence-corrected chi connectivity index (χ2v) is 24.1. The Morgan fingerprint density at radius 2 is 1.46 bits per heavy atom. The first kappa shape index (κ1) is 76.3. The zero-order chi connectivity index (χ0) is 70.1. The standard InChI is InChI=1S/C54H82N18O21S2/c1-19-32(69-45(72-43(19)58)24(11-30(57)76)64-12-23(56)44(59)82)49(86)71-34(40(25-13-61-18-65-25)91-53-42(38(80)36(78)28(14-73)90-53)92-52-39(81)41(93-54(60)88)37(79)29(15-74)89-52)50(87)66-21(3)35(77)20(2)46(83)70-33(22(4)75)48(85)63-10-7-31-67-27(17-94-31)51-68-26(16-95-51)47(84)62-9-6-5-8-55/h13,16-18,20-24,28-29,33-42,52-53,64,73-75,77-81H,5-12,14-15,55-56H2,1-4H3,(H2,57,76)(H2,59,82)(H2,60,88)(H,61,65)(H,62,84)(H,63,85)(H,66,87)(H,70,83)(H,71,86)(H2,58,69,72)/t20-,21+,22+,23-,24+,28+,29-,33-,34+,35+,36-,37-,38-,39-,40-,41-,42-,52+,53+/m1/s1. The minimum absolute atomic E-state index is 0.0131. The van der Waals surface area contributed by atoms with Crippen molar-refractivity contribution in [2.45, 2.75) is 163 Å². The molecule has 526 valence electrons. The van der Waals surface area contributed by atoms with E-state index in [9.17, 15) is 74.4 Å². The third-order valence-corrected chi connectivity index (χ3v) is 17.0. The number of nitrogens with zero attached hydrogens (tertiary/aromatic N) is 5. The Morgan fingerprint density at radius 1 is 0.768 bits per heavy atom. The Hall–Kier alpha value is -7.69. The zero-order valence-electron chi connectivity index (χ0n) is 51.8. The van der Waals surface area contributed by atoms with E-state index in [-0.39, 0.29) is 54.0 Å². The van der Waals surface area contributed by atoms with Crippen LogP contribution in [-0.2, 0) is 54.1 Å². The predicted octanol–water partition coefficient (Wildman–Crippen LogP) is -8.23. The van der Waals surface area contributed by atoms with Gasteiger partial charge in [0.05, 0.1) is 72.7 Å². The van der Waals surface area contributed by atoms with E-state index in [1.165, 1.54) is 50.4 Å². The fourth-order valence-corrected chi connectivity index (χ4v) is 11.3. The van der Waals surface area contributed by atoms with Crippen LogP contribution in [-0.4, -0.2) is 255 Å². The summed E-state index contributed by atoms with van der Waals surface area (Å²) in [5, 5.41) is 108. The molecule has 2 aliphatic heterocycles. The number of thiazole rings is 2. The molecule has 0 radical (unpaired) electrons. The number of nitrogens with one attached hydrogen (secondary N) is 7. The number of aliphatic hydroxyl groups excluding tert-OH is 8. The van der Waals surface area contributed by atoms with Gasteiger partial charge in [-0.1, -0.05) is 6.92 Å². The van der Waals surface area contributed by atoms with Gasteiger partial charge in [0.1, 0.15) is 94.6 Å². The van der Waals surface area contributed by atoms with Crippen LogP contribution < -0.4 is 66.3 Å². The summed E-state index contributed by atoms with van der Waals surface area (Å²) >= 11 is 2.49. The number of hydrogen-bond acceptors (Lipinski definition) is 32. The molecule has 27 N–H and O–H groups in total. The van der Waals surface area contributed by atoms with Crippen molar-refractivity contribution in [2.24, 2.45) is 34.6 Å². The maximum absolute atomic E-state index is 15.2. The lowest BCUT2D eigenvalue weighted by Gasteiger charge is -2.47. The second kappa shape index (κ2) is 35.3. The number of anilines is 1. The molecule has 4 aromatic heterocycles. The van der Waals surface area contributed by atoms with Crippen LogP contribution in [0.2, 0.25) is 0 Å². The predicted molar refractivity (Wildman–Crippen MR) is 328 cm³/mol. The largest absolute Gasteiger partial charge is 0.441 e. The summed E-state index contributed by atoms with van der Waals surface area (Å²) in [4.78, 5) is 130. The number of ether oxygens (including phenoxy) is 5. The molecule has 39 nitrogen and oxygen atoms in total. The Labute approximate surface area is 549 Å². The van der Waals surface area contributed by atoms with Gasteiger partial charge in [-0.05, 0) is 40.2 Å². The number of imidazole rings is 1. The molecule has 41 heteroatoms. The van der Waals surface area contributed by atoms with Crippen LogP contribution in [0.3, 0.4) is 0 Å². The van der Waals surface area contributed by atoms with Gasteiger partial charge < -0.3 is 136 Å². The van der Waals surface area contributed by atoms with Gasteiger partial charge in [-0.25, -0.2) is 29.7 Å². The highest BCUT2D eigenvalue weighted by atomic mass is 32.1. The molecule has 6 heterocycles. The number of carbonyl (C=O) groups excluding carboxylic acids is 8. The van der Waals surface area contributed by atoms with Crippen LogP contribution in [0.4, 0.5) is 10.6 Å². The van der Waals surface area contributed by atoms with Crippen molar-refractivity contribution in [3.8, 4) is 10.7 Å². The summed E-state index contributed by atoms with van der Waals surface area (Å²) in [6, 6.07) is -7.86. The Bertz CT molecular complexity index is 3240. The van der Waals surface area contributed by atoms with Crippen LogP contribution in [0, 0.1) is 12.8 Å². The molecule has 0 aliphatic carbocycles. The number of aromatic nitrogens is 6. The lowest BCUT2D eigenvalue weighted by molar-refractivity contribution is -0.372. The van der Waals surface area contributed by atoms with Crippen molar-refractivity contribution in [2.75, 3.05) is 45.1 Å². The average Bonchev–Trinajstić information content (AvgIpc) is 1.21. The number of unbranched alkanes of at least 4 members (excludes halogenated alkanes) is 1. The Morgan fingerprint density at radius 3 is 2.09 bits per heavy atom. The first-order valence-electron chi connectivity index (χ1n) is 29.6. The zero-order valence-corrected chi connectivity index (χ0v) is 53.4. The van der Waals surface area contributed by atoms with Gasteiger partial charge in [-0.3, -0.25) is 33.6 Å². The van der Waals surface area contributed by atoms with Gasteiger partial charge in [0.15, 0.2) is 18.7 Å². The SMILES string of the molecule is Cc1c(N)nc([C@H](CC(N)=O)NC[C@@H](N)C(N)=O)nc1C(=O)N[C@H](C(=O)N[C@@H](C)[C@@H](O)[C@@H](C)C(=O)N[C@@H](C(=O)NCCc1nc(-c2nc(C(=O)NCCCCN)cs2)cs1)[C@H](C)O)[C@H](O[C@@H]1O[C@@H](CO)[C@@H](O)[C@@H](O)[C@H]1O[C@@H]1O[C@H](CO)[C@@H](O)[C@@H](OC(N)=O)[C@H]1O)c1cnc[nH]1. The van der Waals surface area contributed by atoms with E-state index in [0.717, 1.165) is 18.9 Å². The average molecular weight is 1380 g/mol. The van der Waals surface area contributed by atoms with E-state index in [0.29, 0.717) is 35.2 Å². The lowest BCUT2D eigenvalue weighted by atomic mass is 9.96. The van der Waals surface area contributed by atoms with E-state index in [1.807, 2.05) is 0 Å². The molecule has 0 bridgehead atoms. The number of nitrogens with two attached hydrogens (primary N) is 6. The number of carbonyl (C=O) groups is 8. The number of aromatic amines is 1. The van der Waals surface area contributed by atoms with Crippen LogP contribution in [0.25, 0.3) is 10.7 Å². The number of aliphatic hydroxyl groups is 8. The Kier molecular flexibility index (Phi) is 28.4. The van der Waals surface area contributed by atoms with Gasteiger partial charge in [0, 0.05) is 48.8 Å². The monoisotopic (exact) mass is 1380 g/mol. The molecular weight excluding hydrogens is 1300 g/mol. The second-order valence-electron chi connectivity index (χ2n) is 22.3. The normalized spacial score (nSPS) is 24.1. The third kappa shape index (κ3) is 20.2.